The molecule has 0 amide bonds. The lowest BCUT2D eigenvalue weighted by atomic mass is 10.1. The van der Waals surface area contributed by atoms with Gasteiger partial charge < -0.3 is 5.32 Å². The third-order valence-electron chi connectivity index (χ3n) is 6.13. The summed E-state index contributed by atoms with van der Waals surface area (Å²) < 4.78 is 0. The first-order valence-electron chi connectivity index (χ1n) is 13.7. The van der Waals surface area contributed by atoms with Crippen molar-refractivity contribution in [3.05, 3.63) is 72.8 Å². The van der Waals surface area contributed by atoms with Crippen molar-refractivity contribution in [2.45, 2.75) is 90.9 Å². The van der Waals surface area contributed by atoms with Crippen LogP contribution in [-0.4, -0.2) is 11.5 Å². The molecule has 34 heavy (non-hydrogen) atoms. The predicted octanol–water partition coefficient (Wildman–Crippen LogP) is 11.0. The number of nitrogens with one attached hydrogen (secondary N) is 1. The molecule has 0 aliphatic rings. The van der Waals surface area contributed by atoms with Gasteiger partial charge in [-0.05, 0) is 47.9 Å². The third kappa shape index (κ3) is 12.5. The minimum atomic E-state index is 1.11. The molecule has 0 fully saturated rings. The van der Waals surface area contributed by atoms with E-state index in [0.717, 1.165) is 11.4 Å². The Morgan fingerprint density at radius 3 is 1.71 bits per heavy atom. The molecule has 0 spiro atoms. The Balaban J connectivity index is 0.000000240. The van der Waals surface area contributed by atoms with Gasteiger partial charge in [0.15, 0.2) is 0 Å². The first-order chi connectivity index (χ1) is 16.8. The monoisotopic (exact) mass is 477 g/mol. The maximum absolute atomic E-state index is 3.45. The van der Waals surface area contributed by atoms with Crippen LogP contribution >= 0.6 is 11.8 Å². The lowest BCUT2D eigenvalue weighted by molar-refractivity contribution is 0.624. The predicted molar refractivity (Wildman–Crippen MR) is 158 cm³/mol. The second kappa shape index (κ2) is 19.4. The van der Waals surface area contributed by atoms with E-state index in [0.29, 0.717) is 0 Å². The van der Waals surface area contributed by atoms with Gasteiger partial charge in [-0.25, -0.2) is 0 Å². The van der Waals surface area contributed by atoms with Crippen molar-refractivity contribution in [3.8, 4) is 0 Å². The van der Waals surface area contributed by atoms with E-state index in [-0.39, 0.29) is 0 Å². The van der Waals surface area contributed by atoms with E-state index in [1.807, 2.05) is 18.2 Å². The largest absolute Gasteiger partial charge is 0.355 e. The summed E-state index contributed by atoms with van der Waals surface area (Å²) in [6, 6.07) is 25.0. The van der Waals surface area contributed by atoms with Crippen LogP contribution in [0.4, 0.5) is 11.4 Å². The molecular weight excluding hydrogens is 430 g/mol. The number of thioether (sulfide) groups is 1. The van der Waals surface area contributed by atoms with Crippen LogP contribution in [-0.2, 0) is 0 Å². The van der Waals surface area contributed by atoms with Gasteiger partial charge in [0.25, 0.3) is 0 Å². The van der Waals surface area contributed by atoms with E-state index >= 15 is 0 Å². The van der Waals surface area contributed by atoms with Crippen LogP contribution in [0.25, 0.3) is 10.8 Å². The summed E-state index contributed by atoms with van der Waals surface area (Å²) in [7, 11) is 0. The average Bonchev–Trinajstić information content (AvgIpc) is 2.88. The van der Waals surface area contributed by atoms with Crippen molar-refractivity contribution in [1.82, 2.24) is 0 Å². The Morgan fingerprint density at radius 1 is 0.529 bits per heavy atom. The number of hydrogen-bond acceptors (Lipinski definition) is 2. The number of anilines is 2. The molecule has 0 saturated carbocycles. The second-order valence-corrected chi connectivity index (χ2v) is 10.4. The summed E-state index contributed by atoms with van der Waals surface area (Å²) in [5, 5.41) is 5.95. The molecular formula is C32H47NS. The van der Waals surface area contributed by atoms with E-state index in [9.17, 15) is 0 Å². The zero-order chi connectivity index (χ0) is 24.1. The van der Waals surface area contributed by atoms with E-state index in [1.54, 1.807) is 0 Å². The number of benzene rings is 3. The molecule has 0 unspecified atom stereocenters. The first kappa shape index (κ1) is 28.3. The molecule has 0 aliphatic carbocycles. The highest BCUT2D eigenvalue weighted by atomic mass is 32.2. The molecule has 3 rings (SSSR count). The molecule has 0 heterocycles. The quantitative estimate of drug-likeness (QED) is 0.206. The zero-order valence-corrected chi connectivity index (χ0v) is 22.6. The van der Waals surface area contributed by atoms with E-state index in [1.165, 1.54) is 99.3 Å². The van der Waals surface area contributed by atoms with Crippen LogP contribution < -0.4 is 5.32 Å². The summed E-state index contributed by atoms with van der Waals surface area (Å²) in [5.41, 5.74) is 2.26. The van der Waals surface area contributed by atoms with Crippen LogP contribution in [0.3, 0.4) is 0 Å². The highest BCUT2D eigenvalue weighted by Gasteiger charge is 1.99. The molecule has 0 radical (unpaired) electrons. The summed E-state index contributed by atoms with van der Waals surface area (Å²) in [6.07, 6.45) is 17.3. The number of para-hydroxylation sites is 1. The summed E-state index contributed by atoms with van der Waals surface area (Å²) in [5.74, 6) is 2.81. The van der Waals surface area contributed by atoms with Crippen molar-refractivity contribution in [2.24, 2.45) is 0 Å². The molecule has 0 bridgehead atoms. The van der Waals surface area contributed by atoms with Crippen LogP contribution in [0.15, 0.2) is 72.8 Å². The zero-order valence-electron chi connectivity index (χ0n) is 21.7. The normalized spacial score (nSPS) is 10.6. The Hall–Kier alpha value is -1.93. The van der Waals surface area contributed by atoms with Crippen molar-refractivity contribution < 1.29 is 0 Å². The average molecular weight is 478 g/mol. The van der Waals surface area contributed by atoms with E-state index in [4.69, 9.17) is 0 Å². The van der Waals surface area contributed by atoms with Gasteiger partial charge in [-0.2, -0.15) is 11.8 Å². The molecule has 0 aromatic heterocycles. The fraction of sp³-hybridized carbons (Fsp3) is 0.500. The van der Waals surface area contributed by atoms with Crippen LogP contribution in [0.2, 0.25) is 0 Å². The number of rotatable bonds is 16. The van der Waals surface area contributed by atoms with Gasteiger partial charge in [-0.3, -0.25) is 0 Å². The maximum Gasteiger partial charge on any atom is 0.0463 e. The fourth-order valence-electron chi connectivity index (χ4n) is 4.08. The number of hydrogen-bond donors (Lipinski definition) is 1. The molecule has 0 atom stereocenters. The smallest absolute Gasteiger partial charge is 0.0463 e. The van der Waals surface area contributed by atoms with Crippen molar-refractivity contribution in [2.75, 3.05) is 16.8 Å². The highest BCUT2D eigenvalue weighted by molar-refractivity contribution is 7.99. The summed E-state index contributed by atoms with van der Waals surface area (Å²) >= 11 is 2.18. The lowest BCUT2D eigenvalue weighted by Gasteiger charge is -2.09. The van der Waals surface area contributed by atoms with E-state index in [2.05, 4.69) is 85.5 Å². The minimum Gasteiger partial charge on any atom is -0.355 e. The Labute approximate surface area is 214 Å². The maximum atomic E-state index is 3.45. The standard InChI is InChI=1S/C16H13N.C16H34S/c1-2-9-14(10-3-1)17-16-12-6-8-13-7-4-5-11-15(13)16;1-3-5-7-9-11-13-15-17-16-14-12-10-8-6-4-2/h1-12,17H;3-16H2,1-2H3. The Morgan fingerprint density at radius 2 is 1.06 bits per heavy atom. The molecule has 3 aromatic rings. The van der Waals surface area contributed by atoms with Gasteiger partial charge in [-0.1, -0.05) is 133 Å². The molecule has 0 saturated heterocycles. The molecule has 3 aromatic carbocycles. The molecule has 186 valence electrons. The van der Waals surface area contributed by atoms with Crippen LogP contribution in [0, 0.1) is 0 Å². The Kier molecular flexibility index (Phi) is 16.1. The van der Waals surface area contributed by atoms with Gasteiger partial charge in [0.1, 0.15) is 0 Å². The Bertz CT molecular complexity index is 842. The summed E-state index contributed by atoms with van der Waals surface area (Å²) in [4.78, 5) is 0. The first-order valence-corrected chi connectivity index (χ1v) is 14.9. The van der Waals surface area contributed by atoms with Gasteiger partial charge in [0.2, 0.25) is 0 Å². The third-order valence-corrected chi connectivity index (χ3v) is 7.28. The SMILES string of the molecule is CCCCCCCCSCCCCCCCC.c1ccc(Nc2cccc3ccccc23)cc1. The molecule has 1 nitrogen and oxygen atoms in total. The van der Waals surface area contributed by atoms with Gasteiger partial charge in [0, 0.05) is 16.8 Å². The van der Waals surface area contributed by atoms with Crippen LogP contribution in [0.1, 0.15) is 90.9 Å². The van der Waals surface area contributed by atoms with Crippen molar-refractivity contribution in [1.29, 1.82) is 0 Å². The number of unbranched alkanes of at least 4 members (excludes halogenated alkanes) is 10. The van der Waals surface area contributed by atoms with Crippen molar-refractivity contribution >= 4 is 33.9 Å². The topological polar surface area (TPSA) is 12.0 Å². The minimum absolute atomic E-state index is 1.11. The molecule has 0 aliphatic heterocycles. The second-order valence-electron chi connectivity index (χ2n) is 9.17. The molecule has 2 heteroatoms. The molecule has 1 N–H and O–H groups in total. The van der Waals surface area contributed by atoms with Gasteiger partial charge in [-0.15, -0.1) is 0 Å². The van der Waals surface area contributed by atoms with Crippen LogP contribution in [0.5, 0.6) is 0 Å². The van der Waals surface area contributed by atoms with Gasteiger partial charge in [0.05, 0.1) is 0 Å². The van der Waals surface area contributed by atoms with E-state index < -0.39 is 0 Å². The van der Waals surface area contributed by atoms with Gasteiger partial charge >= 0.3 is 0 Å². The lowest BCUT2D eigenvalue weighted by Crippen LogP contribution is -1.90. The fourth-order valence-corrected chi connectivity index (χ4v) is 5.10. The van der Waals surface area contributed by atoms with Crippen molar-refractivity contribution in [3.63, 3.8) is 0 Å². The summed E-state index contributed by atoms with van der Waals surface area (Å²) in [6.45, 7) is 4.58. The number of fused-ring (bicyclic) bond motifs is 1. The highest BCUT2D eigenvalue weighted by Crippen LogP contribution is 2.26.